The van der Waals surface area contributed by atoms with Gasteiger partial charge in [-0.05, 0) is 43.2 Å². The molecule has 1 N–H and O–H groups in total. The molecule has 0 spiro atoms. The molecule has 1 aliphatic rings. The van der Waals surface area contributed by atoms with Gasteiger partial charge in [-0.15, -0.1) is 0 Å². The molecular weight excluding hydrogens is 409 g/mol. The average molecular weight is 427 g/mol. The van der Waals surface area contributed by atoms with Crippen LogP contribution in [0, 0.1) is 17.5 Å². The maximum atomic E-state index is 13.9. The van der Waals surface area contributed by atoms with Gasteiger partial charge in [-0.1, -0.05) is 11.6 Å². The van der Waals surface area contributed by atoms with E-state index in [9.17, 15) is 22.8 Å². The number of methoxy groups -OCH3 is 1. The van der Waals surface area contributed by atoms with Crippen LogP contribution in [0.1, 0.15) is 33.6 Å². The van der Waals surface area contributed by atoms with Crippen molar-refractivity contribution in [3.05, 3.63) is 63.9 Å². The van der Waals surface area contributed by atoms with Crippen LogP contribution >= 0.6 is 11.6 Å². The van der Waals surface area contributed by atoms with E-state index in [0.29, 0.717) is 29.2 Å². The highest BCUT2D eigenvalue weighted by Crippen LogP contribution is 2.24. The second-order valence-electron chi connectivity index (χ2n) is 6.61. The number of nitrogens with one attached hydrogen (secondary N) is 1. The molecule has 0 atom stereocenters. The van der Waals surface area contributed by atoms with Crippen LogP contribution in [-0.4, -0.2) is 43.0 Å². The van der Waals surface area contributed by atoms with Gasteiger partial charge in [0.05, 0.1) is 18.2 Å². The Morgan fingerprint density at radius 1 is 1.07 bits per heavy atom. The van der Waals surface area contributed by atoms with E-state index in [-0.39, 0.29) is 25.0 Å². The predicted molar refractivity (Wildman–Crippen MR) is 101 cm³/mol. The Balaban J connectivity index is 1.62. The van der Waals surface area contributed by atoms with Crippen LogP contribution in [0.4, 0.5) is 13.2 Å². The number of carbonyl (C=O) groups is 2. The zero-order valence-corrected chi connectivity index (χ0v) is 16.2. The number of amides is 2. The monoisotopic (exact) mass is 426 g/mol. The lowest BCUT2D eigenvalue weighted by molar-refractivity contribution is 0.0692. The molecule has 0 bridgehead atoms. The number of rotatable bonds is 4. The Morgan fingerprint density at radius 2 is 1.76 bits per heavy atom. The van der Waals surface area contributed by atoms with Gasteiger partial charge in [0.25, 0.3) is 11.8 Å². The van der Waals surface area contributed by atoms with Crippen LogP contribution in [0.15, 0.2) is 30.3 Å². The molecule has 1 aliphatic heterocycles. The standard InChI is InChI=1S/C20H18ClF3N2O3/c1-29-16-5-2-11(21)10-14(16)19(27)25-12-6-8-26(9-7-12)20(28)13-3-4-15(22)18(24)17(13)23/h2-5,10,12H,6-9H2,1H3,(H,25,27). The average Bonchev–Trinajstić information content (AvgIpc) is 2.72. The molecule has 0 unspecified atom stereocenters. The van der Waals surface area contributed by atoms with Crippen molar-refractivity contribution in [3.8, 4) is 5.75 Å². The SMILES string of the molecule is COc1ccc(Cl)cc1C(=O)NC1CCN(C(=O)c2ccc(F)c(F)c2F)CC1. The fraction of sp³-hybridized carbons (Fsp3) is 0.300. The van der Waals surface area contributed by atoms with Crippen molar-refractivity contribution in [2.75, 3.05) is 20.2 Å². The van der Waals surface area contributed by atoms with Crippen molar-refractivity contribution in [1.29, 1.82) is 0 Å². The third-order valence-corrected chi connectivity index (χ3v) is 5.02. The lowest BCUT2D eigenvalue weighted by Gasteiger charge is -2.32. The third-order valence-electron chi connectivity index (χ3n) is 4.79. The smallest absolute Gasteiger partial charge is 0.256 e. The molecule has 2 aromatic rings. The minimum atomic E-state index is -1.67. The number of hydrogen-bond acceptors (Lipinski definition) is 3. The van der Waals surface area contributed by atoms with Gasteiger partial charge in [0.1, 0.15) is 5.75 Å². The minimum Gasteiger partial charge on any atom is -0.496 e. The molecule has 1 fully saturated rings. The topological polar surface area (TPSA) is 58.6 Å². The number of likely N-dealkylation sites (tertiary alicyclic amines) is 1. The van der Waals surface area contributed by atoms with Crippen molar-refractivity contribution >= 4 is 23.4 Å². The predicted octanol–water partition coefficient (Wildman–Crippen LogP) is 3.80. The van der Waals surface area contributed by atoms with Crippen LogP contribution in [0.5, 0.6) is 5.75 Å². The van der Waals surface area contributed by atoms with E-state index in [1.165, 1.54) is 18.1 Å². The molecular formula is C20H18ClF3N2O3. The molecule has 0 aliphatic carbocycles. The van der Waals surface area contributed by atoms with E-state index in [4.69, 9.17) is 16.3 Å². The van der Waals surface area contributed by atoms with Gasteiger partial charge >= 0.3 is 0 Å². The zero-order valence-electron chi connectivity index (χ0n) is 15.5. The summed E-state index contributed by atoms with van der Waals surface area (Å²) in [6.07, 6.45) is 0.845. The van der Waals surface area contributed by atoms with Crippen LogP contribution in [0.25, 0.3) is 0 Å². The van der Waals surface area contributed by atoms with Crippen molar-refractivity contribution < 1.29 is 27.5 Å². The minimum absolute atomic E-state index is 0.218. The van der Waals surface area contributed by atoms with E-state index in [1.807, 2.05) is 0 Å². The van der Waals surface area contributed by atoms with Crippen LogP contribution in [0.3, 0.4) is 0 Å². The first-order chi connectivity index (χ1) is 13.8. The summed E-state index contributed by atoms with van der Waals surface area (Å²) in [5.74, 6) is -5.22. The molecule has 29 heavy (non-hydrogen) atoms. The molecule has 154 valence electrons. The number of ether oxygens (including phenoxy) is 1. The third kappa shape index (κ3) is 4.48. The second kappa shape index (κ2) is 8.73. The van der Waals surface area contributed by atoms with E-state index in [0.717, 1.165) is 12.1 Å². The first-order valence-electron chi connectivity index (χ1n) is 8.89. The normalized spacial score (nSPS) is 14.6. The Morgan fingerprint density at radius 3 is 2.41 bits per heavy atom. The fourth-order valence-corrected chi connectivity index (χ4v) is 3.38. The molecule has 5 nitrogen and oxygen atoms in total. The van der Waals surface area contributed by atoms with E-state index in [1.54, 1.807) is 12.1 Å². The maximum Gasteiger partial charge on any atom is 0.256 e. The second-order valence-corrected chi connectivity index (χ2v) is 7.04. The number of nitrogens with zero attached hydrogens (tertiary/aromatic N) is 1. The lowest BCUT2D eigenvalue weighted by atomic mass is 10.0. The summed E-state index contributed by atoms with van der Waals surface area (Å²) in [7, 11) is 1.45. The van der Waals surface area contributed by atoms with Gasteiger partial charge in [0.15, 0.2) is 17.5 Å². The number of piperidine rings is 1. The summed E-state index contributed by atoms with van der Waals surface area (Å²) in [5, 5.41) is 3.26. The molecule has 1 saturated heterocycles. The molecule has 2 amide bonds. The molecule has 9 heteroatoms. The van der Waals surface area contributed by atoms with Crippen molar-refractivity contribution in [1.82, 2.24) is 10.2 Å². The number of hydrogen-bond donors (Lipinski definition) is 1. The first-order valence-corrected chi connectivity index (χ1v) is 9.26. The van der Waals surface area contributed by atoms with Gasteiger partial charge in [-0.3, -0.25) is 9.59 Å². The largest absolute Gasteiger partial charge is 0.496 e. The van der Waals surface area contributed by atoms with Gasteiger partial charge < -0.3 is 15.0 Å². The van der Waals surface area contributed by atoms with Gasteiger partial charge in [-0.25, -0.2) is 13.2 Å². The Kier molecular flexibility index (Phi) is 6.32. The Labute approximate surface area is 170 Å². The molecule has 0 saturated carbocycles. The van der Waals surface area contributed by atoms with Crippen LogP contribution in [0.2, 0.25) is 5.02 Å². The highest BCUT2D eigenvalue weighted by Gasteiger charge is 2.28. The highest BCUT2D eigenvalue weighted by atomic mass is 35.5. The Hall–Kier alpha value is -2.74. The quantitative estimate of drug-likeness (QED) is 0.756. The van der Waals surface area contributed by atoms with E-state index >= 15 is 0 Å². The molecule has 1 heterocycles. The molecule has 3 rings (SSSR count). The van der Waals surface area contributed by atoms with Gasteiger partial charge in [0, 0.05) is 24.2 Å². The summed E-state index contributed by atoms with van der Waals surface area (Å²) in [6.45, 7) is 0.462. The number of carbonyl (C=O) groups excluding carboxylic acids is 2. The summed E-state index contributed by atoms with van der Waals surface area (Å²) in [6, 6.07) is 6.13. The lowest BCUT2D eigenvalue weighted by Crippen LogP contribution is -2.46. The number of halogens is 4. The summed E-state index contributed by atoms with van der Waals surface area (Å²) in [4.78, 5) is 26.3. The highest BCUT2D eigenvalue weighted by molar-refractivity contribution is 6.31. The van der Waals surface area contributed by atoms with Crippen LogP contribution in [-0.2, 0) is 0 Å². The molecule has 0 radical (unpaired) electrons. The Bertz CT molecular complexity index is 947. The van der Waals surface area contributed by atoms with Crippen LogP contribution < -0.4 is 10.1 Å². The summed E-state index contributed by atoms with van der Waals surface area (Å²) >= 11 is 5.95. The summed E-state index contributed by atoms with van der Waals surface area (Å²) in [5.41, 5.74) is -0.225. The molecule has 0 aromatic heterocycles. The molecule has 2 aromatic carbocycles. The fourth-order valence-electron chi connectivity index (χ4n) is 3.21. The maximum absolute atomic E-state index is 13.9. The van der Waals surface area contributed by atoms with E-state index in [2.05, 4.69) is 5.32 Å². The number of benzene rings is 2. The zero-order chi connectivity index (χ0) is 21.1. The first kappa shape index (κ1) is 21.0. The van der Waals surface area contributed by atoms with Crippen molar-refractivity contribution in [2.45, 2.75) is 18.9 Å². The van der Waals surface area contributed by atoms with Crippen molar-refractivity contribution in [3.63, 3.8) is 0 Å². The van der Waals surface area contributed by atoms with Gasteiger partial charge in [0.2, 0.25) is 0 Å². The summed E-state index contributed by atoms with van der Waals surface area (Å²) < 4.78 is 45.5. The van der Waals surface area contributed by atoms with Crippen molar-refractivity contribution in [2.24, 2.45) is 0 Å². The van der Waals surface area contributed by atoms with E-state index < -0.39 is 28.9 Å². The van der Waals surface area contributed by atoms with Gasteiger partial charge in [-0.2, -0.15) is 0 Å².